The molecular weight excluding hydrogens is 188 g/mol. The third-order valence-corrected chi connectivity index (χ3v) is 2.49. The minimum absolute atomic E-state index is 0.536. The highest BCUT2D eigenvalue weighted by molar-refractivity contribution is 5.34. The Balaban J connectivity index is 2.13. The normalized spacial score (nSPS) is 14.7. The van der Waals surface area contributed by atoms with E-state index in [-0.39, 0.29) is 0 Å². The molecule has 0 aliphatic heterocycles. The maximum Gasteiger partial charge on any atom is 0.225 e. The fourth-order valence-corrected chi connectivity index (χ4v) is 1.58. The first-order valence-electron chi connectivity index (χ1n) is 5.24. The van der Waals surface area contributed by atoms with Crippen LogP contribution in [0.3, 0.4) is 0 Å². The fourth-order valence-electron chi connectivity index (χ4n) is 1.58. The van der Waals surface area contributed by atoms with Crippen molar-refractivity contribution in [2.45, 2.75) is 32.2 Å². The van der Waals surface area contributed by atoms with Gasteiger partial charge in [-0.05, 0) is 25.8 Å². The molecule has 4 nitrogen and oxygen atoms in total. The quantitative estimate of drug-likeness (QED) is 0.745. The first-order valence-corrected chi connectivity index (χ1v) is 5.24. The molecule has 1 saturated carbocycles. The Morgan fingerprint density at radius 2 is 2.40 bits per heavy atom. The van der Waals surface area contributed by atoms with Gasteiger partial charge in [0.1, 0.15) is 0 Å². The summed E-state index contributed by atoms with van der Waals surface area (Å²) in [4.78, 5) is 10.8. The lowest BCUT2D eigenvalue weighted by molar-refractivity contribution is 0.756. The predicted octanol–water partition coefficient (Wildman–Crippen LogP) is 1.67. The van der Waals surface area contributed by atoms with Gasteiger partial charge in [0.15, 0.2) is 0 Å². The van der Waals surface area contributed by atoms with Crippen LogP contribution in [0.5, 0.6) is 0 Å². The second kappa shape index (κ2) is 4.26. The van der Waals surface area contributed by atoms with Crippen molar-refractivity contribution in [3.05, 3.63) is 18.0 Å². The van der Waals surface area contributed by atoms with E-state index >= 15 is 0 Å². The molecule has 1 fully saturated rings. The van der Waals surface area contributed by atoms with Crippen molar-refractivity contribution in [3.8, 4) is 6.07 Å². The predicted molar refractivity (Wildman–Crippen MR) is 57.4 cm³/mol. The van der Waals surface area contributed by atoms with E-state index in [2.05, 4.69) is 20.9 Å². The molecule has 4 heteroatoms. The molecule has 0 amide bonds. The molecule has 15 heavy (non-hydrogen) atoms. The lowest BCUT2D eigenvalue weighted by Gasteiger charge is -2.20. The molecule has 1 aliphatic rings. The van der Waals surface area contributed by atoms with Crippen LogP contribution in [0, 0.1) is 18.3 Å². The van der Waals surface area contributed by atoms with Crippen LogP contribution in [0.15, 0.2) is 12.3 Å². The summed E-state index contributed by atoms with van der Waals surface area (Å²) in [7, 11) is 0. The molecule has 0 atom stereocenters. The third kappa shape index (κ3) is 2.44. The van der Waals surface area contributed by atoms with Crippen molar-refractivity contribution >= 4 is 5.95 Å². The van der Waals surface area contributed by atoms with Crippen molar-refractivity contribution in [2.75, 3.05) is 11.4 Å². The summed E-state index contributed by atoms with van der Waals surface area (Å²) < 4.78 is 0. The molecule has 0 radical (unpaired) electrons. The topological polar surface area (TPSA) is 52.8 Å². The largest absolute Gasteiger partial charge is 0.337 e. The number of anilines is 1. The van der Waals surface area contributed by atoms with Gasteiger partial charge in [-0.1, -0.05) is 0 Å². The lowest BCUT2D eigenvalue weighted by atomic mass is 10.4. The zero-order valence-electron chi connectivity index (χ0n) is 8.85. The molecule has 1 aliphatic carbocycles. The second-order valence-corrected chi connectivity index (χ2v) is 3.83. The maximum absolute atomic E-state index is 8.60. The average Bonchev–Trinajstić information content (AvgIpc) is 3.03. The molecule has 0 bridgehead atoms. The first kappa shape index (κ1) is 9.91. The van der Waals surface area contributed by atoms with E-state index in [0.717, 1.165) is 18.2 Å². The zero-order valence-corrected chi connectivity index (χ0v) is 8.85. The summed E-state index contributed by atoms with van der Waals surface area (Å²) >= 11 is 0. The van der Waals surface area contributed by atoms with Crippen LogP contribution in [-0.4, -0.2) is 22.6 Å². The number of hydrogen-bond acceptors (Lipinski definition) is 4. The highest BCUT2D eigenvalue weighted by atomic mass is 15.3. The van der Waals surface area contributed by atoms with Crippen molar-refractivity contribution in [2.24, 2.45) is 0 Å². The van der Waals surface area contributed by atoms with E-state index < -0.39 is 0 Å². The molecule has 1 heterocycles. The van der Waals surface area contributed by atoms with E-state index in [1.165, 1.54) is 12.8 Å². The first-order chi connectivity index (χ1) is 7.31. The zero-order chi connectivity index (χ0) is 10.7. The van der Waals surface area contributed by atoms with Gasteiger partial charge < -0.3 is 4.90 Å². The maximum atomic E-state index is 8.60. The molecule has 2 rings (SSSR count). The number of nitrogens with zero attached hydrogens (tertiary/aromatic N) is 4. The Morgan fingerprint density at radius 1 is 1.60 bits per heavy atom. The molecule has 1 aromatic heterocycles. The van der Waals surface area contributed by atoms with Crippen LogP contribution in [0.2, 0.25) is 0 Å². The van der Waals surface area contributed by atoms with Gasteiger partial charge in [0, 0.05) is 24.5 Å². The van der Waals surface area contributed by atoms with Gasteiger partial charge in [-0.3, -0.25) is 0 Å². The molecule has 1 aromatic rings. The number of aryl methyl sites for hydroxylation is 1. The average molecular weight is 202 g/mol. The monoisotopic (exact) mass is 202 g/mol. The minimum atomic E-state index is 0.536. The number of nitriles is 1. The van der Waals surface area contributed by atoms with Crippen molar-refractivity contribution in [3.63, 3.8) is 0 Å². The summed E-state index contributed by atoms with van der Waals surface area (Å²) in [5, 5.41) is 8.60. The van der Waals surface area contributed by atoms with Gasteiger partial charge in [-0.2, -0.15) is 5.26 Å². The third-order valence-electron chi connectivity index (χ3n) is 2.49. The van der Waals surface area contributed by atoms with Gasteiger partial charge >= 0.3 is 0 Å². The molecule has 0 saturated heterocycles. The molecular formula is C11H14N4. The van der Waals surface area contributed by atoms with Crippen LogP contribution in [0.1, 0.15) is 25.0 Å². The SMILES string of the molecule is Cc1ccnc(N(CCC#N)C2CC2)n1. The van der Waals surface area contributed by atoms with Crippen molar-refractivity contribution < 1.29 is 0 Å². The van der Waals surface area contributed by atoms with Crippen LogP contribution in [0.25, 0.3) is 0 Å². The second-order valence-electron chi connectivity index (χ2n) is 3.83. The Morgan fingerprint density at radius 3 is 3.00 bits per heavy atom. The smallest absolute Gasteiger partial charge is 0.225 e. The number of hydrogen-bond donors (Lipinski definition) is 0. The fraction of sp³-hybridized carbons (Fsp3) is 0.545. The van der Waals surface area contributed by atoms with Gasteiger partial charge in [-0.25, -0.2) is 9.97 Å². The Kier molecular flexibility index (Phi) is 2.82. The van der Waals surface area contributed by atoms with Crippen LogP contribution in [0.4, 0.5) is 5.95 Å². The standard InChI is InChI=1S/C11H14N4/c1-9-5-7-13-11(14-9)15(8-2-6-12)10-3-4-10/h5,7,10H,2-4,8H2,1H3. The van der Waals surface area contributed by atoms with Crippen molar-refractivity contribution in [1.82, 2.24) is 9.97 Å². The van der Waals surface area contributed by atoms with E-state index in [4.69, 9.17) is 5.26 Å². The Bertz CT molecular complexity index is 378. The van der Waals surface area contributed by atoms with Crippen LogP contribution < -0.4 is 4.90 Å². The van der Waals surface area contributed by atoms with E-state index in [9.17, 15) is 0 Å². The van der Waals surface area contributed by atoms with Gasteiger partial charge in [0.25, 0.3) is 0 Å². The lowest BCUT2D eigenvalue weighted by Crippen LogP contribution is -2.28. The van der Waals surface area contributed by atoms with Gasteiger partial charge in [-0.15, -0.1) is 0 Å². The molecule has 0 unspecified atom stereocenters. The number of aromatic nitrogens is 2. The number of rotatable bonds is 4. The molecule has 0 aromatic carbocycles. The Labute approximate surface area is 89.6 Å². The molecule has 78 valence electrons. The van der Waals surface area contributed by atoms with Gasteiger partial charge in [0.2, 0.25) is 5.95 Å². The molecule has 0 spiro atoms. The summed E-state index contributed by atoms with van der Waals surface area (Å²) in [5.74, 6) is 0.771. The van der Waals surface area contributed by atoms with Gasteiger partial charge in [0.05, 0.1) is 12.5 Å². The van der Waals surface area contributed by atoms with Crippen molar-refractivity contribution in [1.29, 1.82) is 5.26 Å². The summed E-state index contributed by atoms with van der Waals surface area (Å²) in [6.07, 6.45) is 4.71. The highest BCUT2D eigenvalue weighted by Gasteiger charge is 2.30. The van der Waals surface area contributed by atoms with E-state index in [0.29, 0.717) is 12.5 Å². The van der Waals surface area contributed by atoms with Crippen LogP contribution >= 0.6 is 0 Å². The Hall–Kier alpha value is -1.63. The van der Waals surface area contributed by atoms with Crippen LogP contribution in [-0.2, 0) is 0 Å². The summed E-state index contributed by atoms with van der Waals surface area (Å²) in [6, 6.07) is 4.61. The minimum Gasteiger partial charge on any atom is -0.337 e. The summed E-state index contributed by atoms with van der Waals surface area (Å²) in [6.45, 7) is 2.70. The highest BCUT2D eigenvalue weighted by Crippen LogP contribution is 2.29. The van der Waals surface area contributed by atoms with E-state index in [1.54, 1.807) is 6.20 Å². The summed E-state index contributed by atoms with van der Waals surface area (Å²) in [5.41, 5.74) is 0.975. The van der Waals surface area contributed by atoms with E-state index in [1.807, 2.05) is 13.0 Å². The molecule has 0 N–H and O–H groups in total.